The summed E-state index contributed by atoms with van der Waals surface area (Å²) < 4.78 is 0. The Bertz CT molecular complexity index is 348. The molecule has 0 aromatic heterocycles. The quantitative estimate of drug-likeness (QED) is 0.738. The molecular formula is C10H11N3O. The summed E-state index contributed by atoms with van der Waals surface area (Å²) in [7, 11) is 0. The Balaban J connectivity index is 2.01. The van der Waals surface area contributed by atoms with Crippen LogP contribution in [0.1, 0.15) is 5.56 Å². The second-order valence-corrected chi connectivity index (χ2v) is 3.17. The molecule has 1 aliphatic heterocycles. The van der Waals surface area contributed by atoms with Gasteiger partial charge in [-0.25, -0.2) is 5.43 Å². The molecule has 0 spiro atoms. The number of amides is 1. The molecule has 0 atom stereocenters. The van der Waals surface area contributed by atoms with Crippen LogP contribution in [0.3, 0.4) is 0 Å². The zero-order valence-corrected chi connectivity index (χ0v) is 7.68. The lowest BCUT2D eigenvalue weighted by Gasteiger charge is -2.21. The fourth-order valence-electron chi connectivity index (χ4n) is 1.36. The Morgan fingerprint density at radius 2 is 2.14 bits per heavy atom. The number of rotatable bonds is 2. The third-order valence-corrected chi connectivity index (χ3v) is 1.99. The molecule has 0 aliphatic carbocycles. The van der Waals surface area contributed by atoms with E-state index in [0.717, 1.165) is 6.54 Å². The molecule has 4 nitrogen and oxygen atoms in total. The van der Waals surface area contributed by atoms with Crippen LogP contribution in [-0.2, 0) is 11.3 Å². The molecule has 0 bridgehead atoms. The summed E-state index contributed by atoms with van der Waals surface area (Å²) in [5.74, 6) is -0.0663. The normalized spacial score (nSPS) is 15.4. The second kappa shape index (κ2) is 3.91. The molecule has 14 heavy (non-hydrogen) atoms. The highest BCUT2D eigenvalue weighted by Gasteiger charge is 2.11. The summed E-state index contributed by atoms with van der Waals surface area (Å²) in [6.07, 6.45) is 1.65. The zero-order chi connectivity index (χ0) is 9.80. The summed E-state index contributed by atoms with van der Waals surface area (Å²) in [6, 6.07) is 9.99. The van der Waals surface area contributed by atoms with E-state index in [0.29, 0.717) is 6.54 Å². The van der Waals surface area contributed by atoms with Gasteiger partial charge in [-0.1, -0.05) is 30.3 Å². The number of nitrogens with one attached hydrogen (secondary N) is 1. The maximum Gasteiger partial charge on any atom is 0.259 e. The third-order valence-electron chi connectivity index (χ3n) is 1.99. The zero-order valence-electron chi connectivity index (χ0n) is 7.68. The topological polar surface area (TPSA) is 44.7 Å². The smallest absolute Gasteiger partial charge is 0.259 e. The van der Waals surface area contributed by atoms with E-state index in [9.17, 15) is 4.79 Å². The van der Waals surface area contributed by atoms with E-state index >= 15 is 0 Å². The highest BCUT2D eigenvalue weighted by Crippen LogP contribution is 2.03. The second-order valence-electron chi connectivity index (χ2n) is 3.17. The Morgan fingerprint density at radius 3 is 2.86 bits per heavy atom. The first-order valence-corrected chi connectivity index (χ1v) is 4.44. The average molecular weight is 189 g/mol. The number of nitrogens with zero attached hydrogens (tertiary/aromatic N) is 2. The molecule has 1 heterocycles. The van der Waals surface area contributed by atoms with Gasteiger partial charge in [-0.2, -0.15) is 5.10 Å². The van der Waals surface area contributed by atoms with Gasteiger partial charge < -0.3 is 4.90 Å². The highest BCUT2D eigenvalue weighted by atomic mass is 16.2. The Kier molecular flexibility index (Phi) is 2.44. The molecule has 0 saturated carbocycles. The number of hydrogen-bond donors (Lipinski definition) is 1. The predicted octanol–water partition coefficient (Wildman–Crippen LogP) is 0.562. The Morgan fingerprint density at radius 1 is 1.36 bits per heavy atom. The lowest BCUT2D eigenvalue weighted by atomic mass is 10.2. The van der Waals surface area contributed by atoms with Gasteiger partial charge >= 0.3 is 0 Å². The van der Waals surface area contributed by atoms with Crippen molar-refractivity contribution in [1.82, 2.24) is 10.3 Å². The van der Waals surface area contributed by atoms with Crippen molar-refractivity contribution < 1.29 is 4.79 Å². The molecule has 1 aliphatic rings. The van der Waals surface area contributed by atoms with Crippen LogP contribution in [0, 0.1) is 0 Å². The lowest BCUT2D eigenvalue weighted by molar-refractivity contribution is -0.122. The number of carbonyl (C=O) groups is 1. The summed E-state index contributed by atoms with van der Waals surface area (Å²) in [4.78, 5) is 12.9. The van der Waals surface area contributed by atoms with Crippen molar-refractivity contribution in [1.29, 1.82) is 0 Å². The number of benzene rings is 1. The predicted molar refractivity (Wildman–Crippen MR) is 53.5 cm³/mol. The Labute approximate surface area is 82.2 Å². The van der Waals surface area contributed by atoms with Crippen LogP contribution in [0.5, 0.6) is 0 Å². The molecule has 0 unspecified atom stereocenters. The molecule has 1 N–H and O–H groups in total. The van der Waals surface area contributed by atoms with Crippen molar-refractivity contribution in [3.63, 3.8) is 0 Å². The SMILES string of the molecule is O=C1CN(Cc2ccccc2)C=NN1. The maximum absolute atomic E-state index is 11.0. The van der Waals surface area contributed by atoms with E-state index in [1.165, 1.54) is 5.56 Å². The van der Waals surface area contributed by atoms with Crippen LogP contribution in [0.4, 0.5) is 0 Å². The molecule has 4 heteroatoms. The fraction of sp³-hybridized carbons (Fsp3) is 0.200. The van der Waals surface area contributed by atoms with Gasteiger partial charge in [0.25, 0.3) is 5.91 Å². The minimum Gasteiger partial charge on any atom is -0.347 e. The van der Waals surface area contributed by atoms with Crippen LogP contribution >= 0.6 is 0 Å². The number of hydrazone groups is 1. The molecule has 0 fully saturated rings. The molecule has 0 saturated heterocycles. The van der Waals surface area contributed by atoms with Gasteiger partial charge in [0.1, 0.15) is 6.34 Å². The van der Waals surface area contributed by atoms with E-state index in [2.05, 4.69) is 10.5 Å². The molecule has 72 valence electrons. The first-order valence-electron chi connectivity index (χ1n) is 4.44. The minimum atomic E-state index is -0.0663. The van der Waals surface area contributed by atoms with Gasteiger partial charge in [-0.3, -0.25) is 4.79 Å². The summed E-state index contributed by atoms with van der Waals surface area (Å²) in [5.41, 5.74) is 3.56. The van der Waals surface area contributed by atoms with Crippen LogP contribution in [0.15, 0.2) is 35.4 Å². The van der Waals surface area contributed by atoms with Gasteiger partial charge in [-0.05, 0) is 5.56 Å². The fourth-order valence-corrected chi connectivity index (χ4v) is 1.36. The van der Waals surface area contributed by atoms with Gasteiger partial charge in [0.2, 0.25) is 0 Å². The van der Waals surface area contributed by atoms with Crippen LogP contribution < -0.4 is 5.43 Å². The van der Waals surface area contributed by atoms with E-state index in [1.54, 1.807) is 6.34 Å². The van der Waals surface area contributed by atoms with Crippen molar-refractivity contribution in [2.24, 2.45) is 5.10 Å². The number of hydrogen-bond acceptors (Lipinski definition) is 3. The van der Waals surface area contributed by atoms with E-state index in [4.69, 9.17) is 0 Å². The molecule has 1 amide bonds. The number of carbonyl (C=O) groups excluding carboxylic acids is 1. The van der Waals surface area contributed by atoms with Crippen LogP contribution in [0.25, 0.3) is 0 Å². The molecular weight excluding hydrogens is 178 g/mol. The molecule has 0 radical (unpaired) electrons. The Hall–Kier alpha value is -1.84. The monoisotopic (exact) mass is 189 g/mol. The van der Waals surface area contributed by atoms with Crippen molar-refractivity contribution in [2.75, 3.05) is 6.54 Å². The maximum atomic E-state index is 11.0. The molecule has 2 rings (SSSR count). The van der Waals surface area contributed by atoms with Crippen molar-refractivity contribution in [3.8, 4) is 0 Å². The first kappa shape index (κ1) is 8.74. The van der Waals surface area contributed by atoms with E-state index < -0.39 is 0 Å². The van der Waals surface area contributed by atoms with E-state index in [1.807, 2.05) is 35.2 Å². The lowest BCUT2D eigenvalue weighted by Crippen LogP contribution is -2.39. The largest absolute Gasteiger partial charge is 0.347 e. The summed E-state index contributed by atoms with van der Waals surface area (Å²) in [5, 5.41) is 3.74. The van der Waals surface area contributed by atoms with E-state index in [-0.39, 0.29) is 5.91 Å². The van der Waals surface area contributed by atoms with Gasteiger partial charge in [0.05, 0.1) is 6.54 Å². The highest BCUT2D eigenvalue weighted by molar-refractivity contribution is 5.83. The molecule has 1 aromatic carbocycles. The summed E-state index contributed by atoms with van der Waals surface area (Å²) in [6.45, 7) is 1.09. The standard InChI is InChI=1S/C10H11N3O/c14-10-7-13(8-11-12-10)6-9-4-2-1-3-5-9/h1-5,8H,6-7H2,(H,12,14). The summed E-state index contributed by atoms with van der Waals surface area (Å²) >= 11 is 0. The van der Waals surface area contributed by atoms with Crippen LogP contribution in [-0.4, -0.2) is 23.7 Å². The molecule has 1 aromatic rings. The van der Waals surface area contributed by atoms with Crippen molar-refractivity contribution >= 4 is 12.2 Å². The van der Waals surface area contributed by atoms with Gasteiger partial charge in [0, 0.05) is 6.54 Å². The third kappa shape index (κ3) is 2.10. The first-order chi connectivity index (χ1) is 6.84. The van der Waals surface area contributed by atoms with Gasteiger partial charge in [0.15, 0.2) is 0 Å². The van der Waals surface area contributed by atoms with Crippen molar-refractivity contribution in [3.05, 3.63) is 35.9 Å². The minimum absolute atomic E-state index is 0.0663. The van der Waals surface area contributed by atoms with Crippen molar-refractivity contribution in [2.45, 2.75) is 6.54 Å². The van der Waals surface area contributed by atoms with Crippen LogP contribution in [0.2, 0.25) is 0 Å². The van der Waals surface area contributed by atoms with Gasteiger partial charge in [-0.15, -0.1) is 0 Å². The average Bonchev–Trinajstić information content (AvgIpc) is 2.19.